The SMILES string of the molecule is CCCCCCN1N=CN([N+](=O)[O-])C1C(F)(F)C(F)(F)F. The van der Waals surface area contributed by atoms with E-state index in [1.54, 1.807) is 0 Å². The summed E-state index contributed by atoms with van der Waals surface area (Å²) in [4.78, 5) is 10.6. The molecular weight excluding hydrogens is 303 g/mol. The highest BCUT2D eigenvalue weighted by Crippen LogP contribution is 2.42. The third-order valence-electron chi connectivity index (χ3n) is 2.98. The maximum absolute atomic E-state index is 13.5. The number of hydrogen-bond donors (Lipinski definition) is 0. The van der Waals surface area contributed by atoms with Crippen molar-refractivity contribution >= 4 is 6.34 Å². The second-order valence-electron chi connectivity index (χ2n) is 4.57. The summed E-state index contributed by atoms with van der Waals surface area (Å²) in [6.07, 6.45) is -5.74. The Balaban J connectivity index is 2.88. The van der Waals surface area contributed by atoms with Gasteiger partial charge in [-0.05, 0) is 6.42 Å². The number of nitro groups is 1. The number of hydrazine groups is 1. The molecule has 122 valence electrons. The molecular formula is C10H15F5N4O2. The zero-order chi connectivity index (χ0) is 16.3. The Kier molecular flexibility index (Phi) is 5.29. The van der Waals surface area contributed by atoms with Crippen molar-refractivity contribution in [1.82, 2.24) is 10.0 Å². The van der Waals surface area contributed by atoms with Gasteiger partial charge in [0.25, 0.3) is 6.17 Å². The lowest BCUT2D eigenvalue weighted by Crippen LogP contribution is -2.60. The highest BCUT2D eigenvalue weighted by molar-refractivity contribution is 5.55. The molecule has 1 atom stereocenters. The molecule has 0 aromatic rings. The summed E-state index contributed by atoms with van der Waals surface area (Å²) in [5, 5.41) is 12.7. The molecule has 1 aliphatic rings. The summed E-state index contributed by atoms with van der Waals surface area (Å²) in [5.41, 5.74) is 0. The van der Waals surface area contributed by atoms with Crippen molar-refractivity contribution in [2.45, 2.75) is 50.9 Å². The van der Waals surface area contributed by atoms with Gasteiger partial charge in [0, 0.05) is 6.54 Å². The Labute approximate surface area is 117 Å². The monoisotopic (exact) mass is 318 g/mol. The van der Waals surface area contributed by atoms with Crippen molar-refractivity contribution in [3.05, 3.63) is 10.1 Å². The first-order chi connectivity index (χ1) is 9.63. The molecule has 0 radical (unpaired) electrons. The van der Waals surface area contributed by atoms with Crippen LogP contribution in [0, 0.1) is 10.1 Å². The van der Waals surface area contributed by atoms with E-state index in [-0.39, 0.29) is 11.6 Å². The molecule has 0 saturated carbocycles. The molecule has 1 heterocycles. The van der Waals surface area contributed by atoms with Crippen LogP contribution in [-0.4, -0.2) is 46.2 Å². The zero-order valence-corrected chi connectivity index (χ0v) is 11.2. The minimum Gasteiger partial charge on any atom is -0.261 e. The van der Waals surface area contributed by atoms with Gasteiger partial charge in [0.05, 0.1) is 0 Å². The minimum absolute atomic E-state index is 0.211. The quantitative estimate of drug-likeness (QED) is 0.313. The highest BCUT2D eigenvalue weighted by atomic mass is 19.4. The molecule has 6 nitrogen and oxygen atoms in total. The lowest BCUT2D eigenvalue weighted by molar-refractivity contribution is -0.646. The Morgan fingerprint density at radius 3 is 2.33 bits per heavy atom. The maximum atomic E-state index is 13.5. The molecule has 0 aromatic carbocycles. The van der Waals surface area contributed by atoms with E-state index >= 15 is 0 Å². The van der Waals surface area contributed by atoms with Gasteiger partial charge in [-0.15, -0.1) is 0 Å². The number of hydrazone groups is 1. The fraction of sp³-hybridized carbons (Fsp3) is 0.900. The molecule has 0 aliphatic carbocycles. The van der Waals surface area contributed by atoms with Crippen molar-refractivity contribution in [3.63, 3.8) is 0 Å². The molecule has 1 aliphatic heterocycles. The van der Waals surface area contributed by atoms with E-state index < -0.39 is 23.3 Å². The second kappa shape index (κ2) is 6.39. The summed E-state index contributed by atoms with van der Waals surface area (Å²) in [7, 11) is 0. The second-order valence-corrected chi connectivity index (χ2v) is 4.57. The lowest BCUT2D eigenvalue weighted by Gasteiger charge is -2.32. The smallest absolute Gasteiger partial charge is 0.261 e. The van der Waals surface area contributed by atoms with Gasteiger partial charge in [-0.2, -0.15) is 27.1 Å². The van der Waals surface area contributed by atoms with Gasteiger partial charge in [-0.3, -0.25) is 5.01 Å². The summed E-state index contributed by atoms with van der Waals surface area (Å²) >= 11 is 0. The molecule has 0 fully saturated rings. The van der Waals surface area contributed by atoms with Gasteiger partial charge in [0.1, 0.15) is 0 Å². The van der Waals surface area contributed by atoms with Crippen LogP contribution in [0.4, 0.5) is 22.0 Å². The van der Waals surface area contributed by atoms with E-state index in [0.717, 1.165) is 12.8 Å². The van der Waals surface area contributed by atoms with E-state index in [1.807, 2.05) is 6.92 Å². The Bertz CT molecular complexity index is 401. The highest BCUT2D eigenvalue weighted by Gasteiger charge is 2.69. The van der Waals surface area contributed by atoms with Crippen LogP contribution in [-0.2, 0) is 0 Å². The number of halogens is 5. The van der Waals surface area contributed by atoms with Crippen LogP contribution in [0.15, 0.2) is 5.10 Å². The minimum atomic E-state index is -5.90. The number of unbranched alkanes of at least 4 members (excludes halogenated alkanes) is 3. The molecule has 0 saturated heterocycles. The molecule has 0 bridgehead atoms. The van der Waals surface area contributed by atoms with Gasteiger partial charge in [-0.1, -0.05) is 31.2 Å². The molecule has 1 unspecified atom stereocenters. The number of hydrogen-bond acceptors (Lipinski definition) is 4. The van der Waals surface area contributed by atoms with Crippen LogP contribution in [0.25, 0.3) is 0 Å². The van der Waals surface area contributed by atoms with Crippen molar-refractivity contribution in [3.8, 4) is 0 Å². The third kappa shape index (κ3) is 3.70. The van der Waals surface area contributed by atoms with E-state index in [2.05, 4.69) is 5.10 Å². The predicted molar refractivity (Wildman–Crippen MR) is 63.0 cm³/mol. The summed E-state index contributed by atoms with van der Waals surface area (Å²) < 4.78 is 64.3. The van der Waals surface area contributed by atoms with Crippen LogP contribution in [0.2, 0.25) is 0 Å². The lowest BCUT2D eigenvalue weighted by atomic mass is 10.2. The molecule has 0 aromatic heterocycles. The van der Waals surface area contributed by atoms with Gasteiger partial charge in [0.15, 0.2) is 11.4 Å². The zero-order valence-electron chi connectivity index (χ0n) is 11.2. The molecule has 0 spiro atoms. The van der Waals surface area contributed by atoms with Crippen LogP contribution in [0.5, 0.6) is 0 Å². The van der Waals surface area contributed by atoms with E-state index in [0.29, 0.717) is 24.2 Å². The molecule has 0 amide bonds. The van der Waals surface area contributed by atoms with Crippen molar-refractivity contribution < 1.29 is 27.0 Å². The van der Waals surface area contributed by atoms with E-state index in [4.69, 9.17) is 0 Å². The van der Waals surface area contributed by atoms with Gasteiger partial charge in [0.2, 0.25) is 0 Å². The first kappa shape index (κ1) is 17.4. The van der Waals surface area contributed by atoms with Crippen LogP contribution in [0.1, 0.15) is 32.6 Å². The normalized spacial score (nSPS) is 19.4. The molecule has 1 rings (SSSR count). The summed E-state index contributed by atoms with van der Waals surface area (Å²) in [6.45, 7) is 1.69. The molecule has 11 heteroatoms. The fourth-order valence-corrected chi connectivity index (χ4v) is 1.89. The average Bonchev–Trinajstić information content (AvgIpc) is 2.77. The largest absolute Gasteiger partial charge is 0.457 e. The van der Waals surface area contributed by atoms with Crippen LogP contribution in [0.3, 0.4) is 0 Å². The van der Waals surface area contributed by atoms with Crippen LogP contribution < -0.4 is 0 Å². The average molecular weight is 318 g/mol. The molecule has 0 N–H and O–H groups in total. The Morgan fingerprint density at radius 1 is 1.24 bits per heavy atom. The topological polar surface area (TPSA) is 62.0 Å². The van der Waals surface area contributed by atoms with Gasteiger partial charge in [-0.25, -0.2) is 10.1 Å². The van der Waals surface area contributed by atoms with E-state index in [1.165, 1.54) is 0 Å². The number of rotatable bonds is 7. The van der Waals surface area contributed by atoms with Crippen molar-refractivity contribution in [1.29, 1.82) is 0 Å². The van der Waals surface area contributed by atoms with Crippen molar-refractivity contribution in [2.24, 2.45) is 5.10 Å². The fourth-order valence-electron chi connectivity index (χ4n) is 1.89. The van der Waals surface area contributed by atoms with Crippen LogP contribution >= 0.6 is 0 Å². The predicted octanol–water partition coefficient (Wildman–Crippen LogP) is 2.84. The number of alkyl halides is 5. The Morgan fingerprint density at radius 2 is 1.86 bits per heavy atom. The number of nitrogens with zero attached hydrogens (tertiary/aromatic N) is 4. The standard InChI is InChI=1S/C10H15F5N4O2/c1-2-3-4-5-6-17-8(9(11,12)10(13,14)15)18(7-16-17)19(20)21/h7-8H,2-6H2,1H3. The Hall–Kier alpha value is -1.68. The van der Waals surface area contributed by atoms with Gasteiger partial charge >= 0.3 is 12.1 Å². The molecule has 21 heavy (non-hydrogen) atoms. The third-order valence-corrected chi connectivity index (χ3v) is 2.98. The summed E-state index contributed by atoms with van der Waals surface area (Å²) in [6, 6.07) is 0. The van der Waals surface area contributed by atoms with E-state index in [9.17, 15) is 32.1 Å². The first-order valence-electron chi connectivity index (χ1n) is 6.30. The summed E-state index contributed by atoms with van der Waals surface area (Å²) in [5.74, 6) is -5.28. The van der Waals surface area contributed by atoms with Gasteiger partial charge < -0.3 is 0 Å². The van der Waals surface area contributed by atoms with Crippen molar-refractivity contribution in [2.75, 3.05) is 6.54 Å². The first-order valence-corrected chi connectivity index (χ1v) is 6.30. The maximum Gasteiger partial charge on any atom is 0.457 e.